The third-order valence-corrected chi connectivity index (χ3v) is 6.65. The zero-order valence-corrected chi connectivity index (χ0v) is 18.9. The van der Waals surface area contributed by atoms with Gasteiger partial charge >= 0.3 is 6.18 Å². The summed E-state index contributed by atoms with van der Waals surface area (Å²) in [7, 11) is 0. The van der Waals surface area contributed by atoms with Crippen LogP contribution in [0.3, 0.4) is 0 Å². The number of ether oxygens (including phenoxy) is 1. The summed E-state index contributed by atoms with van der Waals surface area (Å²) >= 11 is 0. The average Bonchev–Trinajstić information content (AvgIpc) is 3.43. The van der Waals surface area contributed by atoms with Gasteiger partial charge < -0.3 is 25.0 Å². The highest BCUT2D eigenvalue weighted by atomic mass is 19.4. The van der Waals surface area contributed by atoms with E-state index in [1.54, 1.807) is 0 Å². The minimum Gasteiger partial charge on any atom is -0.493 e. The van der Waals surface area contributed by atoms with Crippen LogP contribution in [0.4, 0.5) is 13.2 Å². The first kappa shape index (κ1) is 24.3. The van der Waals surface area contributed by atoms with Gasteiger partial charge in [-0.3, -0.25) is 5.41 Å². The molecule has 1 aliphatic heterocycles. The lowest BCUT2D eigenvalue weighted by atomic mass is 9.86. The molecule has 0 radical (unpaired) electrons. The van der Waals surface area contributed by atoms with E-state index < -0.39 is 23.9 Å². The van der Waals surface area contributed by atoms with Crippen LogP contribution in [0.5, 0.6) is 5.75 Å². The fourth-order valence-electron chi connectivity index (χ4n) is 4.86. The highest BCUT2D eigenvalue weighted by Gasteiger charge is 2.39. The van der Waals surface area contributed by atoms with Gasteiger partial charge in [-0.25, -0.2) is 0 Å². The van der Waals surface area contributed by atoms with E-state index in [0.29, 0.717) is 25.3 Å². The lowest BCUT2D eigenvalue weighted by Gasteiger charge is -2.22. The van der Waals surface area contributed by atoms with Gasteiger partial charge in [-0.2, -0.15) is 18.2 Å². The van der Waals surface area contributed by atoms with Crippen molar-refractivity contribution in [3.8, 4) is 17.1 Å². The van der Waals surface area contributed by atoms with Gasteiger partial charge in [-0.15, -0.1) is 0 Å². The predicted molar refractivity (Wildman–Crippen MR) is 118 cm³/mol. The summed E-state index contributed by atoms with van der Waals surface area (Å²) in [6.07, 6.45) is 2.66. The van der Waals surface area contributed by atoms with Gasteiger partial charge in [0.05, 0.1) is 18.3 Å². The summed E-state index contributed by atoms with van der Waals surface area (Å²) < 4.78 is 52.0. The van der Waals surface area contributed by atoms with Gasteiger partial charge in [0.2, 0.25) is 5.82 Å². The molecule has 186 valence electrons. The molecule has 2 heterocycles. The lowest BCUT2D eigenvalue weighted by molar-refractivity contribution is -0.138. The molecule has 4 N–H and O–H groups in total. The molecule has 1 aromatic heterocycles. The summed E-state index contributed by atoms with van der Waals surface area (Å²) in [4.78, 5) is 5.60. The SMILES string of the molecule is N=C(N)N1CC[C@H](O)[C@H]1c1nc(-c2ccc(OCCCC3CCCCC3)c(C(F)(F)F)c2)no1. The van der Waals surface area contributed by atoms with Crippen LogP contribution < -0.4 is 10.5 Å². The number of nitrogens with two attached hydrogens (primary N) is 1. The zero-order valence-electron chi connectivity index (χ0n) is 18.9. The van der Waals surface area contributed by atoms with Crippen molar-refractivity contribution in [1.82, 2.24) is 15.0 Å². The first-order chi connectivity index (χ1) is 16.2. The van der Waals surface area contributed by atoms with Crippen molar-refractivity contribution in [2.24, 2.45) is 11.7 Å². The van der Waals surface area contributed by atoms with E-state index in [2.05, 4.69) is 10.1 Å². The molecule has 1 aliphatic carbocycles. The Morgan fingerprint density at radius 2 is 2.00 bits per heavy atom. The van der Waals surface area contributed by atoms with Crippen LogP contribution in [0.25, 0.3) is 11.4 Å². The lowest BCUT2D eigenvalue weighted by Crippen LogP contribution is -2.37. The molecular weight excluding hydrogens is 451 g/mol. The van der Waals surface area contributed by atoms with Crippen LogP contribution in [0, 0.1) is 11.3 Å². The monoisotopic (exact) mass is 481 g/mol. The molecule has 1 saturated carbocycles. The van der Waals surface area contributed by atoms with E-state index in [1.807, 2.05) is 0 Å². The largest absolute Gasteiger partial charge is 0.493 e. The van der Waals surface area contributed by atoms with Crippen molar-refractivity contribution >= 4 is 5.96 Å². The van der Waals surface area contributed by atoms with E-state index in [-0.39, 0.29) is 35.6 Å². The number of rotatable bonds is 7. The first-order valence-electron chi connectivity index (χ1n) is 11.7. The summed E-state index contributed by atoms with van der Waals surface area (Å²) in [5.74, 6) is 0.105. The van der Waals surface area contributed by atoms with E-state index in [1.165, 1.54) is 49.1 Å². The average molecular weight is 482 g/mol. The second-order valence-corrected chi connectivity index (χ2v) is 9.04. The Morgan fingerprint density at radius 1 is 1.24 bits per heavy atom. The number of alkyl halides is 3. The topological polar surface area (TPSA) is 121 Å². The number of hydrogen-bond donors (Lipinski definition) is 3. The molecular formula is C23H30F3N5O3. The van der Waals surface area contributed by atoms with Crippen LogP contribution in [0.15, 0.2) is 22.7 Å². The van der Waals surface area contributed by atoms with E-state index >= 15 is 0 Å². The van der Waals surface area contributed by atoms with Gasteiger partial charge in [0.25, 0.3) is 5.89 Å². The maximum Gasteiger partial charge on any atom is 0.419 e. The standard InChI is InChI=1S/C23H30F3N5O3/c24-23(25,26)16-13-15(8-9-18(16)33-12-4-7-14-5-2-1-3-6-14)20-29-21(34-30-20)19-17(32)10-11-31(19)22(27)28/h8-9,13-14,17,19,32H,1-7,10-12H2,(H3,27,28)/t17-,19-/m0/s1. The Labute approximate surface area is 195 Å². The van der Waals surface area contributed by atoms with Crippen LogP contribution >= 0.6 is 0 Å². The number of nitrogens with zero attached hydrogens (tertiary/aromatic N) is 3. The van der Waals surface area contributed by atoms with Crippen molar-refractivity contribution in [2.75, 3.05) is 13.2 Å². The van der Waals surface area contributed by atoms with Crippen molar-refractivity contribution < 1.29 is 27.5 Å². The molecule has 34 heavy (non-hydrogen) atoms. The molecule has 2 aliphatic rings. The molecule has 11 heteroatoms. The number of aliphatic hydroxyl groups excluding tert-OH is 1. The quantitative estimate of drug-likeness (QED) is 0.302. The van der Waals surface area contributed by atoms with E-state index in [0.717, 1.165) is 12.5 Å². The predicted octanol–water partition coefficient (Wildman–Crippen LogP) is 4.50. The smallest absolute Gasteiger partial charge is 0.419 e. The molecule has 2 fully saturated rings. The Bertz CT molecular complexity index is 990. The van der Waals surface area contributed by atoms with E-state index in [4.69, 9.17) is 20.4 Å². The minimum atomic E-state index is -4.62. The maximum absolute atomic E-state index is 13.8. The Kier molecular flexibility index (Phi) is 7.30. The van der Waals surface area contributed by atoms with Crippen molar-refractivity contribution in [3.05, 3.63) is 29.7 Å². The Morgan fingerprint density at radius 3 is 2.71 bits per heavy atom. The molecule has 2 atom stereocenters. The first-order valence-corrected chi connectivity index (χ1v) is 11.7. The van der Waals surface area contributed by atoms with Gasteiger partial charge in [0.1, 0.15) is 11.8 Å². The summed E-state index contributed by atoms with van der Waals surface area (Å²) in [5.41, 5.74) is 4.76. The maximum atomic E-state index is 13.8. The minimum absolute atomic E-state index is 0.00759. The fraction of sp³-hybridized carbons (Fsp3) is 0.609. The van der Waals surface area contributed by atoms with Crippen LogP contribution in [0.2, 0.25) is 0 Å². The molecule has 0 amide bonds. The van der Waals surface area contributed by atoms with Crippen molar-refractivity contribution in [3.63, 3.8) is 0 Å². The Balaban J connectivity index is 1.47. The van der Waals surface area contributed by atoms with Gasteiger partial charge in [0, 0.05) is 12.1 Å². The number of aliphatic hydroxyl groups is 1. The fourth-order valence-corrected chi connectivity index (χ4v) is 4.86. The number of benzene rings is 1. The highest BCUT2D eigenvalue weighted by Crippen LogP contribution is 2.39. The van der Waals surface area contributed by atoms with Gasteiger partial charge in [-0.1, -0.05) is 37.3 Å². The van der Waals surface area contributed by atoms with Crippen LogP contribution in [0.1, 0.15) is 68.9 Å². The summed E-state index contributed by atoms with van der Waals surface area (Å²) in [5, 5.41) is 21.7. The zero-order chi connectivity index (χ0) is 24.3. The number of halogens is 3. The van der Waals surface area contributed by atoms with Crippen LogP contribution in [-0.4, -0.2) is 45.4 Å². The molecule has 1 saturated heterocycles. The highest BCUT2D eigenvalue weighted by molar-refractivity contribution is 5.75. The number of guanidine groups is 1. The molecule has 4 rings (SSSR count). The molecule has 8 nitrogen and oxygen atoms in total. The molecule has 0 spiro atoms. The second-order valence-electron chi connectivity index (χ2n) is 9.04. The molecule has 1 aromatic carbocycles. The molecule has 0 bridgehead atoms. The molecule has 0 unspecified atom stereocenters. The van der Waals surface area contributed by atoms with E-state index in [9.17, 15) is 18.3 Å². The van der Waals surface area contributed by atoms with Crippen molar-refractivity contribution in [2.45, 2.75) is 69.7 Å². The third-order valence-electron chi connectivity index (χ3n) is 6.65. The third kappa shape index (κ3) is 5.45. The number of nitrogens with one attached hydrogen (secondary N) is 1. The summed E-state index contributed by atoms with van der Waals surface area (Å²) in [6.45, 7) is 0.565. The molecule has 2 aromatic rings. The van der Waals surface area contributed by atoms with Crippen LogP contribution in [-0.2, 0) is 6.18 Å². The van der Waals surface area contributed by atoms with Gasteiger partial charge in [-0.05, 0) is 43.4 Å². The summed E-state index contributed by atoms with van der Waals surface area (Å²) in [6, 6.07) is 2.86. The normalized spacial score (nSPS) is 21.7. The number of likely N-dealkylation sites (tertiary alicyclic amines) is 1. The second kappa shape index (κ2) is 10.2. The Hall–Kier alpha value is -2.82. The number of aromatic nitrogens is 2. The van der Waals surface area contributed by atoms with Gasteiger partial charge in [0.15, 0.2) is 5.96 Å². The van der Waals surface area contributed by atoms with Crippen molar-refractivity contribution in [1.29, 1.82) is 5.41 Å². The number of hydrogen-bond acceptors (Lipinski definition) is 6.